The molecule has 0 N–H and O–H groups in total. The lowest BCUT2D eigenvalue weighted by molar-refractivity contribution is 0.0916. The van der Waals surface area contributed by atoms with E-state index in [1.807, 2.05) is 27.7 Å². The zero-order valence-electron chi connectivity index (χ0n) is 12.9. The molecule has 0 radical (unpaired) electrons. The Hall–Kier alpha value is -1.14. The lowest BCUT2D eigenvalue weighted by atomic mass is 9.91. The van der Waals surface area contributed by atoms with Crippen molar-refractivity contribution in [1.29, 1.82) is 0 Å². The molecule has 1 aromatic rings. The Balaban J connectivity index is 3.23. The third-order valence-electron chi connectivity index (χ3n) is 2.68. The van der Waals surface area contributed by atoms with Crippen molar-refractivity contribution in [3.05, 3.63) is 18.0 Å². The van der Waals surface area contributed by atoms with Crippen LogP contribution in [0.25, 0.3) is 0 Å². The monoisotopic (exact) mass is 301 g/mol. The van der Waals surface area contributed by atoms with Crippen LogP contribution in [0.5, 0.6) is 5.75 Å². The van der Waals surface area contributed by atoms with Crippen molar-refractivity contribution < 1.29 is 17.9 Å². The quantitative estimate of drug-likeness (QED) is 0.834. The van der Waals surface area contributed by atoms with Gasteiger partial charge >= 0.3 is 0 Å². The first-order chi connectivity index (χ1) is 9.05. The van der Waals surface area contributed by atoms with Gasteiger partial charge in [-0.05, 0) is 6.92 Å². The van der Waals surface area contributed by atoms with Gasteiger partial charge in [0.1, 0.15) is 11.9 Å². The Bertz CT molecular complexity index is 561. The van der Waals surface area contributed by atoms with E-state index in [2.05, 4.69) is 4.98 Å². The van der Waals surface area contributed by atoms with Crippen LogP contribution in [0, 0.1) is 0 Å². The first kappa shape index (κ1) is 16.9. The molecule has 0 saturated heterocycles. The number of rotatable bonds is 5. The van der Waals surface area contributed by atoms with Gasteiger partial charge in [-0.3, -0.25) is 4.98 Å². The van der Waals surface area contributed by atoms with Crippen LogP contribution in [0.15, 0.2) is 17.2 Å². The van der Waals surface area contributed by atoms with Crippen LogP contribution in [0.3, 0.4) is 0 Å². The SMILES string of the molecule is COC[C@@H](C)Oc1cnc(C(C)(C)C)c(S(C)(=O)=O)c1. The topological polar surface area (TPSA) is 65.5 Å². The summed E-state index contributed by atoms with van der Waals surface area (Å²) in [5.41, 5.74) is 0.196. The normalized spacial score (nSPS) is 14.1. The van der Waals surface area contributed by atoms with Crippen molar-refractivity contribution in [2.75, 3.05) is 20.0 Å². The summed E-state index contributed by atoms with van der Waals surface area (Å²) in [5.74, 6) is 0.433. The Kier molecular flexibility index (Phi) is 5.15. The molecule has 0 fully saturated rings. The van der Waals surface area contributed by atoms with E-state index in [1.165, 1.54) is 12.3 Å². The van der Waals surface area contributed by atoms with Crippen LogP contribution in [0.4, 0.5) is 0 Å². The van der Waals surface area contributed by atoms with Gasteiger partial charge in [0.15, 0.2) is 9.84 Å². The molecule has 0 amide bonds. The van der Waals surface area contributed by atoms with Gasteiger partial charge < -0.3 is 9.47 Å². The summed E-state index contributed by atoms with van der Waals surface area (Å²) >= 11 is 0. The molecule has 1 atom stereocenters. The number of nitrogens with zero attached hydrogens (tertiary/aromatic N) is 1. The highest BCUT2D eigenvalue weighted by Gasteiger charge is 2.25. The molecule has 0 unspecified atom stereocenters. The first-order valence-electron chi connectivity index (χ1n) is 6.42. The lowest BCUT2D eigenvalue weighted by Gasteiger charge is -2.22. The van der Waals surface area contributed by atoms with Gasteiger partial charge in [0.05, 0.1) is 23.4 Å². The van der Waals surface area contributed by atoms with E-state index in [0.717, 1.165) is 0 Å². The molecule has 1 aromatic heterocycles. The molecule has 0 bridgehead atoms. The predicted octanol–water partition coefficient (Wildman–Crippen LogP) is 2.20. The van der Waals surface area contributed by atoms with E-state index in [9.17, 15) is 8.42 Å². The molecule has 6 heteroatoms. The highest BCUT2D eigenvalue weighted by atomic mass is 32.2. The van der Waals surface area contributed by atoms with E-state index < -0.39 is 9.84 Å². The summed E-state index contributed by atoms with van der Waals surface area (Å²) < 4.78 is 34.5. The summed E-state index contributed by atoms with van der Waals surface area (Å²) in [6.07, 6.45) is 2.57. The number of methoxy groups -OCH3 is 1. The zero-order valence-corrected chi connectivity index (χ0v) is 13.7. The zero-order chi connectivity index (χ0) is 15.6. The summed E-state index contributed by atoms with van der Waals surface area (Å²) in [6, 6.07) is 1.54. The second-order valence-electron chi connectivity index (χ2n) is 5.92. The van der Waals surface area contributed by atoms with E-state index in [1.54, 1.807) is 13.3 Å². The number of sulfone groups is 1. The summed E-state index contributed by atoms with van der Waals surface area (Å²) in [4.78, 5) is 4.50. The van der Waals surface area contributed by atoms with Gasteiger partial charge in [-0.1, -0.05) is 20.8 Å². The Morgan fingerprint density at radius 2 is 1.95 bits per heavy atom. The average molecular weight is 301 g/mol. The molecule has 0 saturated carbocycles. The summed E-state index contributed by atoms with van der Waals surface area (Å²) in [6.45, 7) is 8.06. The molecule has 0 spiro atoms. The van der Waals surface area contributed by atoms with Gasteiger partial charge in [0.25, 0.3) is 0 Å². The molecular formula is C14H23NO4S. The number of aromatic nitrogens is 1. The minimum Gasteiger partial charge on any atom is -0.487 e. The highest BCUT2D eigenvalue weighted by molar-refractivity contribution is 7.90. The molecule has 20 heavy (non-hydrogen) atoms. The van der Waals surface area contributed by atoms with Gasteiger partial charge in [0.2, 0.25) is 0 Å². The number of hydrogen-bond donors (Lipinski definition) is 0. The molecule has 0 aromatic carbocycles. The van der Waals surface area contributed by atoms with E-state index >= 15 is 0 Å². The van der Waals surface area contributed by atoms with E-state index in [0.29, 0.717) is 18.1 Å². The van der Waals surface area contributed by atoms with Crippen molar-refractivity contribution in [1.82, 2.24) is 4.98 Å². The van der Waals surface area contributed by atoms with E-state index in [4.69, 9.17) is 9.47 Å². The molecule has 5 nitrogen and oxygen atoms in total. The molecule has 0 aliphatic heterocycles. The van der Waals surface area contributed by atoms with Crippen molar-refractivity contribution in [3.8, 4) is 5.75 Å². The molecule has 0 aliphatic rings. The Morgan fingerprint density at radius 1 is 1.35 bits per heavy atom. The fraction of sp³-hybridized carbons (Fsp3) is 0.643. The number of hydrogen-bond acceptors (Lipinski definition) is 5. The van der Waals surface area contributed by atoms with Crippen molar-refractivity contribution >= 4 is 9.84 Å². The summed E-state index contributed by atoms with van der Waals surface area (Å²) in [7, 11) is -1.77. The maximum absolute atomic E-state index is 11.9. The highest BCUT2D eigenvalue weighted by Crippen LogP contribution is 2.29. The molecule has 1 rings (SSSR count). The largest absolute Gasteiger partial charge is 0.487 e. The molecule has 0 aliphatic carbocycles. The maximum Gasteiger partial charge on any atom is 0.177 e. The van der Waals surface area contributed by atoms with Crippen LogP contribution in [-0.4, -0.2) is 39.5 Å². The minimum atomic E-state index is -3.36. The van der Waals surface area contributed by atoms with Crippen LogP contribution in [-0.2, 0) is 20.0 Å². The van der Waals surface area contributed by atoms with Crippen LogP contribution >= 0.6 is 0 Å². The molecular weight excluding hydrogens is 278 g/mol. The van der Waals surface area contributed by atoms with Crippen LogP contribution in [0.2, 0.25) is 0 Å². The van der Waals surface area contributed by atoms with Crippen molar-refractivity contribution in [2.45, 2.75) is 44.1 Å². The van der Waals surface area contributed by atoms with Gasteiger partial charge in [-0.2, -0.15) is 0 Å². The predicted molar refractivity (Wildman–Crippen MR) is 78.0 cm³/mol. The third kappa shape index (κ3) is 4.45. The van der Waals surface area contributed by atoms with Crippen molar-refractivity contribution in [3.63, 3.8) is 0 Å². The van der Waals surface area contributed by atoms with Crippen LogP contribution in [0.1, 0.15) is 33.4 Å². The Morgan fingerprint density at radius 3 is 2.40 bits per heavy atom. The molecule has 114 valence electrons. The second kappa shape index (κ2) is 6.10. The summed E-state index contributed by atoms with van der Waals surface area (Å²) in [5, 5.41) is 0. The number of ether oxygens (including phenoxy) is 2. The van der Waals surface area contributed by atoms with E-state index in [-0.39, 0.29) is 16.4 Å². The minimum absolute atomic E-state index is 0.172. The smallest absolute Gasteiger partial charge is 0.177 e. The second-order valence-corrected chi connectivity index (χ2v) is 7.91. The van der Waals surface area contributed by atoms with Crippen LogP contribution < -0.4 is 4.74 Å². The maximum atomic E-state index is 11.9. The third-order valence-corrected chi connectivity index (χ3v) is 3.79. The standard InChI is InChI=1S/C14H23NO4S/c1-10(9-18-5)19-11-7-12(20(6,16)17)13(15-8-11)14(2,3)4/h7-8,10H,9H2,1-6H3/t10-/m1/s1. The van der Waals surface area contributed by atoms with Crippen molar-refractivity contribution in [2.24, 2.45) is 0 Å². The van der Waals surface area contributed by atoms with Gasteiger partial charge in [0, 0.05) is 24.8 Å². The fourth-order valence-electron chi connectivity index (χ4n) is 1.84. The lowest BCUT2D eigenvalue weighted by Crippen LogP contribution is -2.21. The average Bonchev–Trinajstić information content (AvgIpc) is 2.26. The fourth-order valence-corrected chi connectivity index (χ4v) is 2.88. The molecule has 1 heterocycles. The van der Waals surface area contributed by atoms with Gasteiger partial charge in [-0.15, -0.1) is 0 Å². The van der Waals surface area contributed by atoms with Gasteiger partial charge in [-0.25, -0.2) is 8.42 Å². The number of pyridine rings is 1. The first-order valence-corrected chi connectivity index (χ1v) is 8.31. The Labute approximate surface area is 121 Å².